The predicted molar refractivity (Wildman–Crippen MR) is 94.2 cm³/mol. The average molecular weight is 329 g/mol. The lowest BCUT2D eigenvalue weighted by Gasteiger charge is -2.23. The number of nitrogens with zero attached hydrogens (tertiary/aromatic N) is 2. The molecule has 0 saturated heterocycles. The van der Waals surface area contributed by atoms with Crippen molar-refractivity contribution in [2.75, 3.05) is 12.4 Å². The van der Waals surface area contributed by atoms with E-state index >= 15 is 0 Å². The van der Waals surface area contributed by atoms with Crippen molar-refractivity contribution < 1.29 is 9.53 Å². The summed E-state index contributed by atoms with van der Waals surface area (Å²) in [6, 6.07) is 18.6. The van der Waals surface area contributed by atoms with Crippen LogP contribution in [0.25, 0.3) is 5.69 Å². The second-order valence-electron chi connectivity index (χ2n) is 5.77. The molecule has 5 nitrogen and oxygen atoms in total. The first-order valence-electron chi connectivity index (χ1n) is 7.89. The third-order valence-electron chi connectivity index (χ3n) is 4.40. The molecule has 0 saturated carbocycles. The van der Waals surface area contributed by atoms with Gasteiger partial charge in [0.2, 0.25) is 5.78 Å². The Morgan fingerprint density at radius 1 is 1.20 bits per heavy atom. The number of para-hydroxylation sites is 2. The summed E-state index contributed by atoms with van der Waals surface area (Å²) in [5, 5.41) is 12.8. The monoisotopic (exact) mass is 329 g/mol. The van der Waals surface area contributed by atoms with Gasteiger partial charge in [-0.15, -0.1) is 0 Å². The Kier molecular flexibility index (Phi) is 3.51. The maximum Gasteiger partial charge on any atom is 0.209 e. The Morgan fingerprint density at radius 2 is 1.96 bits per heavy atom. The van der Waals surface area contributed by atoms with Crippen molar-refractivity contribution in [3.63, 3.8) is 0 Å². The topological polar surface area (TPSA) is 67.0 Å². The van der Waals surface area contributed by atoms with Crippen LogP contribution in [0.15, 0.2) is 54.6 Å². The largest absolute Gasteiger partial charge is 0.497 e. The van der Waals surface area contributed by atoms with Crippen LogP contribution in [-0.4, -0.2) is 17.5 Å². The molecule has 2 aromatic carbocycles. The number of methoxy groups -OCH3 is 1. The minimum Gasteiger partial charge on any atom is -0.497 e. The van der Waals surface area contributed by atoms with Gasteiger partial charge in [0.05, 0.1) is 42.0 Å². The van der Waals surface area contributed by atoms with Crippen molar-refractivity contribution in [2.45, 2.75) is 6.54 Å². The first kappa shape index (κ1) is 15.0. The molecular formula is C20H15N3O2. The second kappa shape index (κ2) is 5.84. The summed E-state index contributed by atoms with van der Waals surface area (Å²) in [6.07, 6.45) is 0. The van der Waals surface area contributed by atoms with Crippen LogP contribution in [0.4, 0.5) is 5.69 Å². The molecule has 2 heterocycles. The quantitative estimate of drug-likeness (QED) is 0.747. The fraction of sp³-hybridized carbons (Fsp3) is 0.100. The molecular weight excluding hydrogens is 314 g/mol. The standard InChI is InChI=1S/C20H15N3O2/c1-25-15-8-6-13(7-9-15)20(24)18-10-14(11-21)19-12-22-16-4-2-3-5-17(16)23(18)19/h2-10,22H,12H2,1H3. The molecule has 5 heteroatoms. The van der Waals surface area contributed by atoms with Crippen molar-refractivity contribution in [1.29, 1.82) is 5.26 Å². The van der Waals surface area contributed by atoms with E-state index in [9.17, 15) is 10.1 Å². The van der Waals surface area contributed by atoms with Gasteiger partial charge in [-0.05, 0) is 42.5 Å². The molecule has 0 aliphatic carbocycles. The minimum atomic E-state index is -0.123. The third-order valence-corrected chi connectivity index (χ3v) is 4.40. The zero-order valence-electron chi connectivity index (χ0n) is 13.6. The summed E-state index contributed by atoms with van der Waals surface area (Å²) >= 11 is 0. The SMILES string of the molecule is COc1ccc(C(=O)c2cc(C#N)c3n2-c2ccccc2NC3)cc1. The molecule has 1 N–H and O–H groups in total. The van der Waals surface area contributed by atoms with E-state index < -0.39 is 0 Å². The highest BCUT2D eigenvalue weighted by molar-refractivity contribution is 6.09. The van der Waals surface area contributed by atoms with Gasteiger partial charge in [0.1, 0.15) is 11.8 Å². The molecule has 0 bridgehead atoms. The van der Waals surface area contributed by atoms with Gasteiger partial charge in [0, 0.05) is 5.56 Å². The number of hydrogen-bond donors (Lipinski definition) is 1. The van der Waals surface area contributed by atoms with Crippen LogP contribution in [0, 0.1) is 11.3 Å². The first-order chi connectivity index (χ1) is 12.2. The van der Waals surface area contributed by atoms with Gasteiger partial charge in [-0.3, -0.25) is 4.79 Å². The molecule has 1 aromatic heterocycles. The Hall–Kier alpha value is -3.52. The maximum absolute atomic E-state index is 13.1. The van der Waals surface area contributed by atoms with Crippen LogP contribution in [0.2, 0.25) is 0 Å². The number of aromatic nitrogens is 1. The Labute approximate surface area is 145 Å². The van der Waals surface area contributed by atoms with Crippen molar-refractivity contribution in [1.82, 2.24) is 4.57 Å². The van der Waals surface area contributed by atoms with Crippen molar-refractivity contribution in [3.05, 3.63) is 77.1 Å². The molecule has 0 spiro atoms. The van der Waals surface area contributed by atoms with Gasteiger partial charge >= 0.3 is 0 Å². The number of carbonyl (C=O) groups excluding carboxylic acids is 1. The van der Waals surface area contributed by atoms with Crippen molar-refractivity contribution in [2.24, 2.45) is 0 Å². The van der Waals surface area contributed by atoms with Crippen LogP contribution < -0.4 is 10.1 Å². The van der Waals surface area contributed by atoms with Crippen LogP contribution >= 0.6 is 0 Å². The van der Waals surface area contributed by atoms with Gasteiger partial charge in [-0.2, -0.15) is 5.26 Å². The fourth-order valence-corrected chi connectivity index (χ4v) is 3.15. The maximum atomic E-state index is 13.1. The zero-order valence-corrected chi connectivity index (χ0v) is 13.6. The van der Waals surface area contributed by atoms with E-state index in [1.807, 2.05) is 28.8 Å². The summed E-state index contributed by atoms with van der Waals surface area (Å²) in [7, 11) is 1.59. The first-order valence-corrected chi connectivity index (χ1v) is 7.89. The van der Waals surface area contributed by atoms with Crippen molar-refractivity contribution >= 4 is 11.5 Å². The number of anilines is 1. The van der Waals surface area contributed by atoms with E-state index in [1.54, 1.807) is 37.4 Å². The highest BCUT2D eigenvalue weighted by Gasteiger charge is 2.26. The highest BCUT2D eigenvalue weighted by atomic mass is 16.5. The molecule has 0 fully saturated rings. The van der Waals surface area contributed by atoms with Crippen LogP contribution in [0.3, 0.4) is 0 Å². The zero-order chi connectivity index (χ0) is 17.4. The van der Waals surface area contributed by atoms with E-state index in [0.29, 0.717) is 29.1 Å². The molecule has 25 heavy (non-hydrogen) atoms. The molecule has 3 aromatic rings. The fourth-order valence-electron chi connectivity index (χ4n) is 3.15. The summed E-state index contributed by atoms with van der Waals surface area (Å²) < 4.78 is 7.03. The second-order valence-corrected chi connectivity index (χ2v) is 5.77. The summed E-state index contributed by atoms with van der Waals surface area (Å²) in [4.78, 5) is 13.1. The summed E-state index contributed by atoms with van der Waals surface area (Å²) in [5.41, 5.74) is 4.19. The molecule has 0 atom stereocenters. The lowest BCUT2D eigenvalue weighted by molar-refractivity contribution is 0.103. The number of ether oxygens (including phenoxy) is 1. The molecule has 0 unspecified atom stereocenters. The van der Waals surface area contributed by atoms with Gasteiger partial charge in [0.15, 0.2) is 0 Å². The number of hydrogen-bond acceptors (Lipinski definition) is 4. The molecule has 4 rings (SSSR count). The van der Waals surface area contributed by atoms with Crippen LogP contribution in [0.5, 0.6) is 5.75 Å². The average Bonchev–Trinajstić information content (AvgIpc) is 3.06. The van der Waals surface area contributed by atoms with E-state index in [1.165, 1.54) is 0 Å². The number of nitriles is 1. The lowest BCUT2D eigenvalue weighted by Crippen LogP contribution is -2.19. The number of benzene rings is 2. The molecule has 122 valence electrons. The number of rotatable bonds is 3. The summed E-state index contributed by atoms with van der Waals surface area (Å²) in [6.45, 7) is 0.510. The predicted octanol–water partition coefficient (Wildman–Crippen LogP) is 3.51. The highest BCUT2D eigenvalue weighted by Crippen LogP contribution is 2.32. The molecule has 0 amide bonds. The van der Waals surface area contributed by atoms with E-state index in [2.05, 4.69) is 11.4 Å². The van der Waals surface area contributed by atoms with Crippen molar-refractivity contribution in [3.8, 4) is 17.5 Å². The Balaban J connectivity index is 1.88. The number of carbonyl (C=O) groups is 1. The molecule has 1 aliphatic heterocycles. The van der Waals surface area contributed by atoms with Gasteiger partial charge in [-0.1, -0.05) is 12.1 Å². The smallest absolute Gasteiger partial charge is 0.209 e. The molecule has 0 radical (unpaired) electrons. The van der Waals surface area contributed by atoms with E-state index in [-0.39, 0.29) is 5.78 Å². The van der Waals surface area contributed by atoms with Crippen LogP contribution in [-0.2, 0) is 6.54 Å². The molecule has 1 aliphatic rings. The normalized spacial score (nSPS) is 11.7. The third kappa shape index (κ3) is 2.36. The number of nitrogens with one attached hydrogen (secondary N) is 1. The summed E-state index contributed by atoms with van der Waals surface area (Å²) in [5.74, 6) is 0.572. The number of ketones is 1. The van der Waals surface area contributed by atoms with Crippen LogP contribution in [0.1, 0.15) is 27.3 Å². The lowest BCUT2D eigenvalue weighted by atomic mass is 10.1. The minimum absolute atomic E-state index is 0.123. The van der Waals surface area contributed by atoms with Gasteiger partial charge in [-0.25, -0.2) is 0 Å². The van der Waals surface area contributed by atoms with Gasteiger partial charge in [0.25, 0.3) is 0 Å². The Bertz CT molecular complexity index is 1010. The van der Waals surface area contributed by atoms with Gasteiger partial charge < -0.3 is 14.6 Å². The Morgan fingerprint density at radius 3 is 2.68 bits per heavy atom. The van der Waals surface area contributed by atoms with E-state index in [0.717, 1.165) is 17.1 Å². The number of fused-ring (bicyclic) bond motifs is 3. The van der Waals surface area contributed by atoms with E-state index in [4.69, 9.17) is 4.74 Å².